The van der Waals surface area contributed by atoms with Crippen molar-refractivity contribution in [2.45, 2.75) is 18.4 Å². The molecule has 0 aliphatic heterocycles. The summed E-state index contributed by atoms with van der Waals surface area (Å²) in [6.07, 6.45) is 5.41. The van der Waals surface area contributed by atoms with Crippen molar-refractivity contribution >= 4 is 15.9 Å². The molecule has 1 aliphatic carbocycles. The van der Waals surface area contributed by atoms with Crippen LogP contribution in [0.4, 0.5) is 0 Å². The molecule has 11 heavy (non-hydrogen) atoms. The lowest BCUT2D eigenvalue weighted by Gasteiger charge is -2.03. The predicted molar refractivity (Wildman–Crippen MR) is 42.7 cm³/mol. The Morgan fingerprint density at radius 1 is 1.73 bits per heavy atom. The smallest absolute Gasteiger partial charge is 0.149 e. The molecular weight excluding hydrogens is 206 g/mol. The van der Waals surface area contributed by atoms with Crippen LogP contribution in [0.3, 0.4) is 0 Å². The maximum absolute atomic E-state index is 8.79. The first kappa shape index (κ1) is 6.86. The number of nitrogens with zero attached hydrogens (tertiary/aromatic N) is 3. The molecule has 2 rings (SSSR count). The quantitative estimate of drug-likeness (QED) is 0.710. The molecule has 1 fully saturated rings. The molecule has 0 unspecified atom stereocenters. The maximum Gasteiger partial charge on any atom is 0.149 e. The summed E-state index contributed by atoms with van der Waals surface area (Å²) in [5.74, 6) is 0. The summed E-state index contributed by atoms with van der Waals surface area (Å²) < 4.78 is 2.66. The van der Waals surface area contributed by atoms with Gasteiger partial charge in [-0.15, -0.1) is 0 Å². The Morgan fingerprint density at radius 3 is 2.82 bits per heavy atom. The molecule has 0 spiro atoms. The van der Waals surface area contributed by atoms with Gasteiger partial charge in [0.05, 0.1) is 16.7 Å². The van der Waals surface area contributed by atoms with Gasteiger partial charge in [0.25, 0.3) is 0 Å². The summed E-state index contributed by atoms with van der Waals surface area (Å²) in [7, 11) is 0. The molecule has 0 amide bonds. The van der Waals surface area contributed by atoms with Crippen LogP contribution in [0.2, 0.25) is 0 Å². The van der Waals surface area contributed by atoms with E-state index in [1.807, 2.05) is 6.20 Å². The van der Waals surface area contributed by atoms with Crippen molar-refractivity contribution in [1.82, 2.24) is 9.78 Å². The van der Waals surface area contributed by atoms with Crippen molar-refractivity contribution < 1.29 is 0 Å². The molecule has 1 heterocycles. The maximum atomic E-state index is 8.79. The minimum atomic E-state index is -0.313. The molecule has 56 valence electrons. The van der Waals surface area contributed by atoms with Crippen LogP contribution < -0.4 is 0 Å². The lowest BCUT2D eigenvalue weighted by Crippen LogP contribution is -2.14. The third-order valence-electron chi connectivity index (χ3n) is 1.92. The minimum absolute atomic E-state index is 0.313. The van der Waals surface area contributed by atoms with Gasteiger partial charge in [-0.1, -0.05) is 0 Å². The molecule has 0 saturated heterocycles. The van der Waals surface area contributed by atoms with Crippen molar-refractivity contribution in [3.05, 3.63) is 16.9 Å². The highest BCUT2D eigenvalue weighted by Crippen LogP contribution is 2.42. The third-order valence-corrected chi connectivity index (χ3v) is 2.33. The second-order valence-corrected chi connectivity index (χ2v) is 3.66. The van der Waals surface area contributed by atoms with Crippen LogP contribution in [0.5, 0.6) is 0 Å². The van der Waals surface area contributed by atoms with E-state index in [2.05, 4.69) is 27.1 Å². The van der Waals surface area contributed by atoms with Crippen LogP contribution in [0.15, 0.2) is 16.9 Å². The lowest BCUT2D eigenvalue weighted by atomic mass is 10.3. The predicted octanol–water partition coefficient (Wildman–Crippen LogP) is 1.66. The fourth-order valence-electron chi connectivity index (χ4n) is 1.05. The zero-order valence-electron chi connectivity index (χ0n) is 5.79. The minimum Gasteiger partial charge on any atom is -0.251 e. The zero-order chi connectivity index (χ0) is 7.90. The van der Waals surface area contributed by atoms with E-state index in [4.69, 9.17) is 5.26 Å². The van der Waals surface area contributed by atoms with E-state index in [0.29, 0.717) is 0 Å². The Labute approximate surface area is 72.8 Å². The van der Waals surface area contributed by atoms with Gasteiger partial charge < -0.3 is 0 Å². The molecule has 1 aromatic heterocycles. The van der Waals surface area contributed by atoms with Crippen molar-refractivity contribution in [3.63, 3.8) is 0 Å². The highest BCUT2D eigenvalue weighted by atomic mass is 79.9. The van der Waals surface area contributed by atoms with Crippen LogP contribution in [0.1, 0.15) is 12.8 Å². The molecule has 1 aliphatic rings. The normalized spacial score (nSPS) is 19.3. The van der Waals surface area contributed by atoms with E-state index in [1.54, 1.807) is 10.9 Å². The van der Waals surface area contributed by atoms with E-state index in [1.165, 1.54) is 0 Å². The second-order valence-electron chi connectivity index (χ2n) is 2.75. The zero-order valence-corrected chi connectivity index (χ0v) is 7.37. The Bertz CT molecular complexity index is 319. The summed E-state index contributed by atoms with van der Waals surface area (Å²) in [5.41, 5.74) is -0.313. The number of hydrogen-bond donors (Lipinski definition) is 0. The van der Waals surface area contributed by atoms with E-state index < -0.39 is 0 Å². The van der Waals surface area contributed by atoms with E-state index in [9.17, 15) is 0 Å². The molecule has 1 saturated carbocycles. The summed E-state index contributed by atoms with van der Waals surface area (Å²) in [6.45, 7) is 0. The van der Waals surface area contributed by atoms with Crippen molar-refractivity contribution in [2.75, 3.05) is 0 Å². The number of rotatable bonds is 1. The van der Waals surface area contributed by atoms with Gasteiger partial charge in [-0.25, -0.2) is 0 Å². The monoisotopic (exact) mass is 211 g/mol. The van der Waals surface area contributed by atoms with Crippen LogP contribution in [0, 0.1) is 11.3 Å². The van der Waals surface area contributed by atoms with Crippen molar-refractivity contribution in [2.24, 2.45) is 0 Å². The van der Waals surface area contributed by atoms with Gasteiger partial charge in [-0.05, 0) is 28.8 Å². The molecule has 0 aromatic carbocycles. The van der Waals surface area contributed by atoms with Gasteiger partial charge in [0.2, 0.25) is 0 Å². The number of hydrogen-bond acceptors (Lipinski definition) is 2. The fourth-order valence-corrected chi connectivity index (χ4v) is 1.33. The lowest BCUT2D eigenvalue weighted by molar-refractivity contribution is 0.536. The SMILES string of the molecule is N#CC1(n2cc(Br)cn2)CC1. The molecule has 1 aromatic rings. The van der Waals surface area contributed by atoms with Gasteiger partial charge >= 0.3 is 0 Å². The number of halogens is 1. The van der Waals surface area contributed by atoms with Crippen LogP contribution in [-0.2, 0) is 5.54 Å². The molecule has 0 atom stereocenters. The third kappa shape index (κ3) is 0.962. The highest BCUT2D eigenvalue weighted by Gasteiger charge is 2.46. The van der Waals surface area contributed by atoms with Gasteiger partial charge in [-0.3, -0.25) is 4.68 Å². The van der Waals surface area contributed by atoms with E-state index in [0.717, 1.165) is 17.3 Å². The fraction of sp³-hybridized carbons (Fsp3) is 0.429. The standard InChI is InChI=1S/C7H6BrN3/c8-6-3-10-11(4-6)7(5-9)1-2-7/h3-4H,1-2H2. The van der Waals surface area contributed by atoms with Gasteiger partial charge in [0.15, 0.2) is 0 Å². The first-order valence-corrected chi connectivity index (χ1v) is 4.18. The van der Waals surface area contributed by atoms with Crippen LogP contribution >= 0.6 is 15.9 Å². The topological polar surface area (TPSA) is 41.6 Å². The van der Waals surface area contributed by atoms with Crippen LogP contribution in [0.25, 0.3) is 0 Å². The second kappa shape index (κ2) is 2.08. The Hall–Kier alpha value is -0.820. The van der Waals surface area contributed by atoms with Gasteiger partial charge in [-0.2, -0.15) is 10.4 Å². The molecule has 3 nitrogen and oxygen atoms in total. The first-order chi connectivity index (χ1) is 5.27. The van der Waals surface area contributed by atoms with Gasteiger partial charge in [0, 0.05) is 6.20 Å². The molecule has 0 bridgehead atoms. The van der Waals surface area contributed by atoms with E-state index >= 15 is 0 Å². The summed E-state index contributed by atoms with van der Waals surface area (Å²) in [6, 6.07) is 2.26. The average molecular weight is 212 g/mol. The van der Waals surface area contributed by atoms with Gasteiger partial charge in [0.1, 0.15) is 5.54 Å². The highest BCUT2D eigenvalue weighted by molar-refractivity contribution is 9.10. The summed E-state index contributed by atoms with van der Waals surface area (Å²) >= 11 is 3.29. The molecule has 4 heteroatoms. The number of nitriles is 1. The Kier molecular flexibility index (Phi) is 1.30. The van der Waals surface area contributed by atoms with Crippen molar-refractivity contribution in [1.29, 1.82) is 5.26 Å². The Morgan fingerprint density at radius 2 is 2.45 bits per heavy atom. The van der Waals surface area contributed by atoms with E-state index in [-0.39, 0.29) is 5.54 Å². The first-order valence-electron chi connectivity index (χ1n) is 3.39. The van der Waals surface area contributed by atoms with Crippen LogP contribution in [-0.4, -0.2) is 9.78 Å². The molecule has 0 N–H and O–H groups in total. The molecule has 0 radical (unpaired) electrons. The average Bonchev–Trinajstić information content (AvgIpc) is 2.70. The van der Waals surface area contributed by atoms with Crippen molar-refractivity contribution in [3.8, 4) is 6.07 Å². The number of aromatic nitrogens is 2. The summed E-state index contributed by atoms with van der Waals surface area (Å²) in [4.78, 5) is 0. The Balaban J connectivity index is 2.38. The summed E-state index contributed by atoms with van der Waals surface area (Å²) in [5, 5.41) is 12.9. The molecular formula is C7H6BrN3. The largest absolute Gasteiger partial charge is 0.251 e.